The number of rotatable bonds is 0. The fourth-order valence-electron chi connectivity index (χ4n) is 0.895. The van der Waals surface area contributed by atoms with Gasteiger partial charge in [-0.25, -0.2) is 4.98 Å². The Morgan fingerprint density at radius 1 is 1.40 bits per heavy atom. The van der Waals surface area contributed by atoms with Crippen molar-refractivity contribution in [1.29, 1.82) is 0 Å². The molecule has 1 aliphatic carbocycles. The molecular weight excluding hydrogens is 144 g/mol. The molecule has 0 saturated carbocycles. The van der Waals surface area contributed by atoms with Crippen molar-refractivity contribution in [2.24, 2.45) is 0 Å². The van der Waals surface area contributed by atoms with Crippen LogP contribution in [0.2, 0.25) is 0 Å². The van der Waals surface area contributed by atoms with Gasteiger partial charge in [0.15, 0.2) is 5.13 Å². The summed E-state index contributed by atoms with van der Waals surface area (Å²) in [5, 5.41) is 2.64. The van der Waals surface area contributed by atoms with Crippen LogP contribution in [0.25, 0.3) is 11.3 Å². The highest BCUT2D eigenvalue weighted by Gasteiger charge is 2.01. The van der Waals surface area contributed by atoms with Gasteiger partial charge in [-0.1, -0.05) is 12.1 Å². The van der Waals surface area contributed by atoms with Crippen molar-refractivity contribution in [3.63, 3.8) is 0 Å². The molecule has 2 N–H and O–H groups in total. The van der Waals surface area contributed by atoms with E-state index in [4.69, 9.17) is 5.73 Å². The molecule has 0 aromatic rings. The van der Waals surface area contributed by atoms with Crippen LogP contribution in [-0.4, -0.2) is 4.98 Å². The third-order valence-corrected chi connectivity index (χ3v) is 2.07. The Bertz CT molecular complexity index is 315. The van der Waals surface area contributed by atoms with Gasteiger partial charge in [-0.2, -0.15) is 0 Å². The molecule has 0 atom stereocenters. The Morgan fingerprint density at radius 2 is 2.30 bits per heavy atom. The molecule has 1 heterocycles. The molecule has 2 nitrogen and oxygen atoms in total. The molecule has 0 radical (unpaired) electrons. The molecule has 0 aromatic heterocycles. The second kappa shape index (κ2) is 1.95. The summed E-state index contributed by atoms with van der Waals surface area (Å²) in [5.74, 6) is 0. The van der Waals surface area contributed by atoms with Crippen LogP contribution < -0.4 is 5.73 Å². The number of nitrogens with two attached hydrogens (primary N) is 1. The molecule has 50 valence electrons. The average Bonchev–Trinajstić information content (AvgIpc) is 2.33. The van der Waals surface area contributed by atoms with Gasteiger partial charge < -0.3 is 5.73 Å². The molecule has 3 heteroatoms. The molecule has 0 spiro atoms. The van der Waals surface area contributed by atoms with E-state index in [0.29, 0.717) is 5.13 Å². The zero-order valence-electron chi connectivity index (χ0n) is 5.24. The average molecular weight is 150 g/mol. The van der Waals surface area contributed by atoms with E-state index in [-0.39, 0.29) is 0 Å². The first kappa shape index (κ1) is 5.68. The molecule has 0 amide bonds. The molecular formula is C7H6N2S. The predicted molar refractivity (Wildman–Crippen MR) is 43.1 cm³/mol. The molecule has 0 fully saturated rings. The first-order chi connectivity index (χ1) is 4.86. The standard InChI is InChI=1S/C7H6N2S/c8-7-9-6-3-1-2-5(6)4-10-7/h1-4H,(H2,8,9). The highest BCUT2D eigenvalue weighted by atomic mass is 32.1. The lowest BCUT2D eigenvalue weighted by Crippen LogP contribution is -1.87. The van der Waals surface area contributed by atoms with Crippen LogP contribution in [0.4, 0.5) is 5.13 Å². The summed E-state index contributed by atoms with van der Waals surface area (Å²) in [6.07, 6.45) is 0. The number of aromatic nitrogens is 1. The number of hydrogen-bond acceptors (Lipinski definition) is 3. The first-order valence-corrected chi connectivity index (χ1v) is 3.84. The Kier molecular flexibility index (Phi) is 1.11. The SMILES string of the molecule is Nc1nc2cccc-2cs1. The van der Waals surface area contributed by atoms with Crippen LogP contribution in [0.5, 0.6) is 0 Å². The molecule has 0 bridgehead atoms. The molecule has 0 saturated heterocycles. The maximum absolute atomic E-state index is 5.49. The number of hydrogen-bond donors (Lipinski definition) is 1. The van der Waals surface area contributed by atoms with Crippen molar-refractivity contribution in [2.45, 2.75) is 0 Å². The summed E-state index contributed by atoms with van der Waals surface area (Å²) in [6, 6.07) is 5.96. The lowest BCUT2D eigenvalue weighted by Gasteiger charge is -1.95. The second-order valence-corrected chi connectivity index (χ2v) is 2.94. The minimum absolute atomic E-state index is 0.624. The van der Waals surface area contributed by atoms with E-state index in [2.05, 4.69) is 4.98 Å². The van der Waals surface area contributed by atoms with E-state index >= 15 is 0 Å². The zero-order chi connectivity index (χ0) is 6.97. The third kappa shape index (κ3) is 0.752. The van der Waals surface area contributed by atoms with Gasteiger partial charge in [-0.05, 0) is 6.07 Å². The van der Waals surface area contributed by atoms with Gasteiger partial charge in [0.25, 0.3) is 0 Å². The highest BCUT2D eigenvalue weighted by Crippen LogP contribution is 2.24. The third-order valence-electron chi connectivity index (χ3n) is 1.36. The Hall–Kier alpha value is -1.09. The fourth-order valence-corrected chi connectivity index (χ4v) is 1.49. The minimum atomic E-state index is 0.624. The smallest absolute Gasteiger partial charge is 0.180 e. The molecule has 2 aliphatic rings. The summed E-state index contributed by atoms with van der Waals surface area (Å²) >= 11 is 1.47. The summed E-state index contributed by atoms with van der Waals surface area (Å²) in [4.78, 5) is 4.13. The van der Waals surface area contributed by atoms with Crippen molar-refractivity contribution in [1.82, 2.24) is 4.98 Å². The Morgan fingerprint density at radius 3 is 3.20 bits per heavy atom. The Labute approximate surface area is 62.7 Å². The molecule has 0 unspecified atom stereocenters. The molecule has 1 aliphatic heterocycles. The number of nitrogen functional groups attached to an aromatic ring is 1. The van der Waals surface area contributed by atoms with Gasteiger partial charge in [0, 0.05) is 10.9 Å². The quantitative estimate of drug-likeness (QED) is 0.622. The predicted octanol–water partition coefficient (Wildman–Crippen LogP) is 1.83. The maximum atomic E-state index is 5.49. The van der Waals surface area contributed by atoms with E-state index in [1.165, 1.54) is 16.9 Å². The highest BCUT2D eigenvalue weighted by molar-refractivity contribution is 7.13. The number of nitrogens with zero attached hydrogens (tertiary/aromatic N) is 1. The zero-order valence-corrected chi connectivity index (χ0v) is 6.06. The van der Waals surface area contributed by atoms with Crippen molar-refractivity contribution in [3.05, 3.63) is 23.6 Å². The minimum Gasteiger partial charge on any atom is -0.375 e. The van der Waals surface area contributed by atoms with Gasteiger partial charge in [0.05, 0.1) is 5.69 Å². The summed E-state index contributed by atoms with van der Waals surface area (Å²) in [5.41, 5.74) is 7.64. The monoisotopic (exact) mass is 150 g/mol. The summed E-state index contributed by atoms with van der Waals surface area (Å²) in [6.45, 7) is 0. The van der Waals surface area contributed by atoms with Crippen LogP contribution in [-0.2, 0) is 0 Å². The fraction of sp³-hybridized carbons (Fsp3) is 0. The van der Waals surface area contributed by atoms with E-state index in [0.717, 1.165) is 5.69 Å². The topological polar surface area (TPSA) is 38.9 Å². The maximum Gasteiger partial charge on any atom is 0.180 e. The summed E-state index contributed by atoms with van der Waals surface area (Å²) in [7, 11) is 0. The van der Waals surface area contributed by atoms with Crippen LogP contribution in [0.1, 0.15) is 0 Å². The molecule has 10 heavy (non-hydrogen) atoms. The number of anilines is 1. The van der Waals surface area contributed by atoms with E-state index < -0.39 is 0 Å². The van der Waals surface area contributed by atoms with Gasteiger partial charge in [-0.3, -0.25) is 0 Å². The van der Waals surface area contributed by atoms with Crippen molar-refractivity contribution in [2.75, 3.05) is 5.73 Å². The first-order valence-electron chi connectivity index (χ1n) is 2.96. The van der Waals surface area contributed by atoms with Gasteiger partial charge in [-0.15, -0.1) is 11.3 Å². The van der Waals surface area contributed by atoms with E-state index in [1.807, 2.05) is 23.6 Å². The van der Waals surface area contributed by atoms with Crippen LogP contribution in [0.15, 0.2) is 23.6 Å². The molecule has 0 aromatic carbocycles. The summed E-state index contributed by atoms with van der Waals surface area (Å²) < 4.78 is 0. The number of fused-ring (bicyclic) bond motifs is 1. The van der Waals surface area contributed by atoms with Crippen LogP contribution in [0, 0.1) is 0 Å². The van der Waals surface area contributed by atoms with Gasteiger partial charge >= 0.3 is 0 Å². The van der Waals surface area contributed by atoms with E-state index in [9.17, 15) is 0 Å². The lowest BCUT2D eigenvalue weighted by molar-refractivity contribution is 1.40. The van der Waals surface area contributed by atoms with Crippen molar-refractivity contribution in [3.8, 4) is 11.3 Å². The van der Waals surface area contributed by atoms with Crippen LogP contribution >= 0.6 is 11.3 Å². The van der Waals surface area contributed by atoms with E-state index in [1.54, 1.807) is 0 Å². The largest absolute Gasteiger partial charge is 0.375 e. The van der Waals surface area contributed by atoms with Gasteiger partial charge in [0.2, 0.25) is 0 Å². The second-order valence-electron chi connectivity index (χ2n) is 2.05. The normalized spacial score (nSPS) is 10.4. The lowest BCUT2D eigenvalue weighted by atomic mass is 10.3. The van der Waals surface area contributed by atoms with Crippen molar-refractivity contribution >= 4 is 16.5 Å². The van der Waals surface area contributed by atoms with Gasteiger partial charge in [0.1, 0.15) is 0 Å². The Balaban J connectivity index is 2.75. The molecule has 2 rings (SSSR count). The van der Waals surface area contributed by atoms with Crippen molar-refractivity contribution < 1.29 is 0 Å². The van der Waals surface area contributed by atoms with Crippen LogP contribution in [0.3, 0.4) is 0 Å².